The lowest BCUT2D eigenvalue weighted by molar-refractivity contribution is 0.331. The van der Waals surface area contributed by atoms with E-state index in [1.54, 1.807) is 0 Å². The van der Waals surface area contributed by atoms with Gasteiger partial charge in [-0.2, -0.15) is 0 Å². The van der Waals surface area contributed by atoms with E-state index < -0.39 is 0 Å². The zero-order valence-electron chi connectivity index (χ0n) is 19.8. The third-order valence-corrected chi connectivity index (χ3v) is 6.07. The fourth-order valence-electron chi connectivity index (χ4n) is 4.19. The van der Waals surface area contributed by atoms with Crippen LogP contribution in [0.25, 0.3) is 0 Å². The molecule has 0 bridgehead atoms. The number of unbranched alkanes of at least 4 members (excludes halogenated alkanes) is 12. The van der Waals surface area contributed by atoms with Crippen molar-refractivity contribution in [1.82, 2.24) is 4.90 Å². The predicted octanol–water partition coefficient (Wildman–Crippen LogP) is 8.70. The van der Waals surface area contributed by atoms with Crippen LogP contribution in [0, 0.1) is 5.92 Å². The minimum Gasteiger partial charge on any atom is -0.309 e. The van der Waals surface area contributed by atoms with Crippen LogP contribution in [0.3, 0.4) is 0 Å². The highest BCUT2D eigenvalue weighted by atomic mass is 35.5. The molecule has 0 aromatic heterocycles. The smallest absolute Gasteiger partial charge is 0.00221 e. The second kappa shape index (κ2) is 20.7. The van der Waals surface area contributed by atoms with Crippen LogP contribution in [0.4, 0.5) is 0 Å². The minimum atomic E-state index is 0. The quantitative estimate of drug-likeness (QED) is 0.201. The summed E-state index contributed by atoms with van der Waals surface area (Å²) in [6.45, 7) is 3.52. The van der Waals surface area contributed by atoms with Crippen LogP contribution in [0.2, 0.25) is 0 Å². The molecule has 0 amide bonds. The molecular formula is C27H50ClN. The normalized spacial score (nSPS) is 12.1. The van der Waals surface area contributed by atoms with Crippen molar-refractivity contribution in [3.05, 3.63) is 35.9 Å². The number of hydrogen-bond acceptors (Lipinski definition) is 1. The Kier molecular flexibility index (Phi) is 20.4. The molecule has 0 saturated carbocycles. The number of hydrogen-bond donors (Lipinski definition) is 0. The van der Waals surface area contributed by atoms with Crippen molar-refractivity contribution in [3.63, 3.8) is 0 Å². The van der Waals surface area contributed by atoms with E-state index in [2.05, 4.69) is 56.3 Å². The first-order valence-electron chi connectivity index (χ1n) is 12.4. The van der Waals surface area contributed by atoms with Crippen LogP contribution < -0.4 is 0 Å². The van der Waals surface area contributed by atoms with E-state index in [4.69, 9.17) is 0 Å². The lowest BCUT2D eigenvalue weighted by Gasteiger charge is -2.19. The topological polar surface area (TPSA) is 3.24 Å². The molecule has 2 heteroatoms. The zero-order valence-corrected chi connectivity index (χ0v) is 20.7. The van der Waals surface area contributed by atoms with Crippen LogP contribution in [0.1, 0.15) is 109 Å². The molecule has 1 nitrogen and oxygen atoms in total. The summed E-state index contributed by atoms with van der Waals surface area (Å²) in [5.41, 5.74) is 1.51. The summed E-state index contributed by atoms with van der Waals surface area (Å²) < 4.78 is 0. The van der Waals surface area contributed by atoms with Crippen molar-refractivity contribution in [2.24, 2.45) is 5.92 Å². The molecule has 1 rings (SSSR count). The molecule has 1 unspecified atom stereocenters. The highest BCUT2D eigenvalue weighted by Crippen LogP contribution is 2.20. The molecule has 170 valence electrons. The maximum absolute atomic E-state index is 2.34. The Balaban J connectivity index is 0.00000784. The minimum absolute atomic E-state index is 0. The van der Waals surface area contributed by atoms with Gasteiger partial charge in [-0.25, -0.2) is 0 Å². The van der Waals surface area contributed by atoms with Crippen LogP contribution in [0.5, 0.6) is 0 Å². The summed E-state index contributed by atoms with van der Waals surface area (Å²) in [6.07, 6.45) is 22.8. The summed E-state index contributed by atoms with van der Waals surface area (Å²) in [5.74, 6) is 0.845. The van der Waals surface area contributed by atoms with Gasteiger partial charge in [0.2, 0.25) is 0 Å². The molecule has 0 spiro atoms. The van der Waals surface area contributed by atoms with Gasteiger partial charge in [-0.05, 0) is 45.0 Å². The third kappa shape index (κ3) is 18.0. The predicted molar refractivity (Wildman–Crippen MR) is 134 cm³/mol. The van der Waals surface area contributed by atoms with Crippen molar-refractivity contribution in [2.45, 2.75) is 110 Å². The summed E-state index contributed by atoms with van der Waals surface area (Å²) >= 11 is 0. The van der Waals surface area contributed by atoms with Gasteiger partial charge in [0.1, 0.15) is 0 Å². The molecule has 1 atom stereocenters. The van der Waals surface area contributed by atoms with Crippen LogP contribution in [0.15, 0.2) is 30.3 Å². The van der Waals surface area contributed by atoms with Crippen LogP contribution in [-0.2, 0) is 6.42 Å². The van der Waals surface area contributed by atoms with Gasteiger partial charge in [0, 0.05) is 0 Å². The Bertz CT molecular complexity index is 431. The highest BCUT2D eigenvalue weighted by molar-refractivity contribution is 5.85. The second-order valence-corrected chi connectivity index (χ2v) is 9.18. The second-order valence-electron chi connectivity index (χ2n) is 9.18. The average Bonchev–Trinajstić information content (AvgIpc) is 2.70. The number of rotatable bonds is 19. The van der Waals surface area contributed by atoms with Crippen LogP contribution in [-0.4, -0.2) is 25.5 Å². The summed E-state index contributed by atoms with van der Waals surface area (Å²) in [6, 6.07) is 11.1. The number of benzene rings is 1. The van der Waals surface area contributed by atoms with E-state index in [0.717, 1.165) is 5.92 Å². The Labute approximate surface area is 189 Å². The van der Waals surface area contributed by atoms with Gasteiger partial charge >= 0.3 is 0 Å². The Morgan fingerprint density at radius 2 is 1.14 bits per heavy atom. The highest BCUT2D eigenvalue weighted by Gasteiger charge is 2.10. The molecule has 0 N–H and O–H groups in total. The van der Waals surface area contributed by atoms with E-state index in [-0.39, 0.29) is 12.4 Å². The molecule has 0 saturated heterocycles. The summed E-state index contributed by atoms with van der Waals surface area (Å²) in [7, 11) is 4.40. The molecule has 0 heterocycles. The Morgan fingerprint density at radius 1 is 0.655 bits per heavy atom. The SMILES string of the molecule is CCCCCCCCCCCCCCCC(CCN(C)C)Cc1ccccc1.Cl. The van der Waals surface area contributed by atoms with Gasteiger partial charge in [-0.15, -0.1) is 12.4 Å². The average molecular weight is 424 g/mol. The summed E-state index contributed by atoms with van der Waals surface area (Å²) in [5, 5.41) is 0. The molecule has 0 aliphatic heterocycles. The number of nitrogens with zero attached hydrogens (tertiary/aromatic N) is 1. The first kappa shape index (κ1) is 28.5. The molecule has 0 aliphatic carbocycles. The fourth-order valence-corrected chi connectivity index (χ4v) is 4.19. The van der Waals surface area contributed by atoms with E-state index in [0.29, 0.717) is 0 Å². The van der Waals surface area contributed by atoms with Gasteiger partial charge in [0.15, 0.2) is 0 Å². The largest absolute Gasteiger partial charge is 0.309 e. The Hall–Kier alpha value is -0.530. The lowest BCUT2D eigenvalue weighted by Crippen LogP contribution is -2.18. The number of halogens is 1. The molecule has 0 fully saturated rings. The third-order valence-electron chi connectivity index (χ3n) is 6.07. The maximum atomic E-state index is 2.34. The molecule has 1 aromatic carbocycles. The van der Waals surface area contributed by atoms with Crippen molar-refractivity contribution >= 4 is 12.4 Å². The van der Waals surface area contributed by atoms with E-state index in [1.165, 1.54) is 115 Å². The zero-order chi connectivity index (χ0) is 20.3. The standard InChI is InChI=1S/C27H49N.ClH/c1-4-5-6-7-8-9-10-11-12-13-14-15-17-22-27(23-24-28(2)3)25-26-20-18-16-19-21-26;/h16,18-21,27H,4-15,17,22-25H2,1-3H3;1H. The molecule has 1 aromatic rings. The monoisotopic (exact) mass is 423 g/mol. The molecule has 29 heavy (non-hydrogen) atoms. The molecule has 0 radical (unpaired) electrons. The maximum Gasteiger partial charge on any atom is -0.00221 e. The van der Waals surface area contributed by atoms with Crippen molar-refractivity contribution < 1.29 is 0 Å². The van der Waals surface area contributed by atoms with E-state index in [1.807, 2.05) is 0 Å². The van der Waals surface area contributed by atoms with Gasteiger partial charge in [0.25, 0.3) is 0 Å². The van der Waals surface area contributed by atoms with Crippen molar-refractivity contribution in [1.29, 1.82) is 0 Å². The van der Waals surface area contributed by atoms with Crippen molar-refractivity contribution in [2.75, 3.05) is 20.6 Å². The van der Waals surface area contributed by atoms with Gasteiger partial charge in [-0.3, -0.25) is 0 Å². The van der Waals surface area contributed by atoms with Gasteiger partial charge < -0.3 is 4.90 Å². The summed E-state index contributed by atoms with van der Waals surface area (Å²) in [4.78, 5) is 2.34. The van der Waals surface area contributed by atoms with Gasteiger partial charge in [-0.1, -0.05) is 127 Å². The molecular weight excluding hydrogens is 374 g/mol. The lowest BCUT2D eigenvalue weighted by atomic mass is 9.90. The van der Waals surface area contributed by atoms with Crippen LogP contribution >= 0.6 is 12.4 Å². The molecule has 0 aliphatic rings. The fraction of sp³-hybridized carbons (Fsp3) is 0.778. The van der Waals surface area contributed by atoms with Gasteiger partial charge in [0.05, 0.1) is 0 Å². The first-order valence-corrected chi connectivity index (χ1v) is 12.4. The van der Waals surface area contributed by atoms with E-state index in [9.17, 15) is 0 Å². The first-order chi connectivity index (χ1) is 13.7. The Morgan fingerprint density at radius 3 is 1.62 bits per heavy atom. The van der Waals surface area contributed by atoms with Crippen molar-refractivity contribution in [3.8, 4) is 0 Å². The van der Waals surface area contributed by atoms with E-state index >= 15 is 0 Å².